The highest BCUT2D eigenvalue weighted by atomic mass is 31.2. The van der Waals surface area contributed by atoms with Gasteiger partial charge in [0.1, 0.15) is 5.75 Å². The van der Waals surface area contributed by atoms with E-state index in [0.29, 0.717) is 22.8 Å². The summed E-state index contributed by atoms with van der Waals surface area (Å²) in [5.41, 5.74) is 1.72. The highest BCUT2D eigenvalue weighted by Crippen LogP contribution is 2.48. The van der Waals surface area contributed by atoms with Gasteiger partial charge in [-0.15, -0.1) is 0 Å². The minimum Gasteiger partial charge on any atom is -0.494 e. The molecule has 0 aliphatic rings. The third-order valence-corrected chi connectivity index (χ3v) is 7.40. The van der Waals surface area contributed by atoms with E-state index < -0.39 is 7.14 Å². The number of ether oxygens (including phenoxy) is 1. The van der Waals surface area contributed by atoms with Crippen molar-refractivity contribution in [1.82, 2.24) is 0 Å². The van der Waals surface area contributed by atoms with Crippen molar-refractivity contribution >= 4 is 23.3 Å². The van der Waals surface area contributed by atoms with Crippen molar-refractivity contribution in [2.75, 3.05) is 6.61 Å². The van der Waals surface area contributed by atoms with Crippen molar-refractivity contribution in [3.05, 3.63) is 89.5 Å². The van der Waals surface area contributed by atoms with Crippen LogP contribution in [0.25, 0.3) is 0 Å². The van der Waals surface area contributed by atoms with Crippen molar-refractivity contribution in [3.8, 4) is 5.75 Å². The summed E-state index contributed by atoms with van der Waals surface area (Å²) in [6, 6.07) is 21.7. The van der Waals surface area contributed by atoms with E-state index in [9.17, 15) is 9.36 Å². The molecule has 0 saturated carbocycles. The Labute approximate surface area is 160 Å². The minimum atomic E-state index is -3.50. The first-order valence-electron chi connectivity index (χ1n) is 8.98. The lowest BCUT2D eigenvalue weighted by Crippen LogP contribution is -2.23. The second-order valence-electron chi connectivity index (χ2n) is 6.45. The van der Waals surface area contributed by atoms with Gasteiger partial charge in [0, 0.05) is 16.2 Å². The third kappa shape index (κ3) is 3.61. The van der Waals surface area contributed by atoms with Crippen LogP contribution in [0.2, 0.25) is 0 Å². The number of hydrogen-bond donors (Lipinski definition) is 0. The fourth-order valence-corrected chi connectivity index (χ4v) is 5.95. The summed E-state index contributed by atoms with van der Waals surface area (Å²) in [6.45, 7) is 6.20. The van der Waals surface area contributed by atoms with Gasteiger partial charge >= 0.3 is 0 Å². The molecule has 0 heterocycles. The Morgan fingerprint density at radius 2 is 1.30 bits per heavy atom. The molecular weight excluding hydrogens is 355 g/mol. The Morgan fingerprint density at radius 3 is 1.70 bits per heavy atom. The average molecular weight is 378 g/mol. The SMILES string of the molecule is CCOc1cc(C)c(C(=O)P(=O)(c2ccccc2)c2ccccc2)c(C)c1. The molecule has 0 N–H and O–H groups in total. The van der Waals surface area contributed by atoms with Gasteiger partial charge in [-0.25, -0.2) is 0 Å². The van der Waals surface area contributed by atoms with Gasteiger partial charge in [0.25, 0.3) is 0 Å². The predicted molar refractivity (Wildman–Crippen MR) is 111 cm³/mol. The molecule has 0 aromatic heterocycles. The number of carbonyl (C=O) groups excluding carboxylic acids is 1. The quantitative estimate of drug-likeness (QED) is 0.576. The van der Waals surface area contributed by atoms with Crippen LogP contribution in [0, 0.1) is 13.8 Å². The van der Waals surface area contributed by atoms with E-state index in [4.69, 9.17) is 4.74 Å². The summed E-state index contributed by atoms with van der Waals surface area (Å²) in [5, 5.41) is 1.10. The monoisotopic (exact) mass is 378 g/mol. The molecule has 138 valence electrons. The molecule has 0 fully saturated rings. The van der Waals surface area contributed by atoms with Gasteiger partial charge in [-0.1, -0.05) is 60.7 Å². The van der Waals surface area contributed by atoms with Crippen LogP contribution in [0.15, 0.2) is 72.8 Å². The van der Waals surface area contributed by atoms with Gasteiger partial charge < -0.3 is 9.30 Å². The molecule has 0 radical (unpaired) electrons. The summed E-state index contributed by atoms with van der Waals surface area (Å²) in [6.07, 6.45) is 0. The first-order chi connectivity index (χ1) is 13.0. The first kappa shape index (κ1) is 19.1. The van der Waals surface area contributed by atoms with Gasteiger partial charge in [0.05, 0.1) is 6.61 Å². The molecule has 0 saturated heterocycles. The molecule has 3 aromatic carbocycles. The Balaban J connectivity index is 2.21. The van der Waals surface area contributed by atoms with Crippen LogP contribution >= 0.6 is 7.14 Å². The Hall–Kier alpha value is -2.64. The smallest absolute Gasteiger partial charge is 0.230 e. The van der Waals surface area contributed by atoms with Gasteiger partial charge in [0.2, 0.25) is 12.7 Å². The van der Waals surface area contributed by atoms with Gasteiger partial charge in [-0.3, -0.25) is 4.79 Å². The maximum atomic E-state index is 14.3. The first-order valence-corrected chi connectivity index (χ1v) is 10.7. The molecular formula is C23H23O3P. The molecule has 0 aliphatic carbocycles. The van der Waals surface area contributed by atoms with Gasteiger partial charge in [-0.05, 0) is 44.0 Å². The summed E-state index contributed by atoms with van der Waals surface area (Å²) >= 11 is 0. The zero-order chi connectivity index (χ0) is 19.4. The zero-order valence-electron chi connectivity index (χ0n) is 15.8. The third-order valence-electron chi connectivity index (χ3n) is 4.56. The second kappa shape index (κ2) is 7.94. The summed E-state index contributed by atoms with van der Waals surface area (Å²) in [4.78, 5) is 13.7. The molecule has 3 nitrogen and oxygen atoms in total. The van der Waals surface area contributed by atoms with Crippen LogP contribution in [-0.2, 0) is 4.57 Å². The second-order valence-corrected chi connectivity index (χ2v) is 9.11. The van der Waals surface area contributed by atoms with Crippen molar-refractivity contribution in [3.63, 3.8) is 0 Å². The van der Waals surface area contributed by atoms with Crippen molar-refractivity contribution < 1.29 is 14.1 Å². The van der Waals surface area contributed by atoms with E-state index in [-0.39, 0.29) is 5.52 Å². The van der Waals surface area contributed by atoms with Crippen LogP contribution in [0.1, 0.15) is 28.4 Å². The molecule has 0 bridgehead atoms. The van der Waals surface area contributed by atoms with Crippen LogP contribution in [0.4, 0.5) is 0 Å². The molecule has 3 rings (SSSR count). The molecule has 4 heteroatoms. The molecule has 0 spiro atoms. The van der Waals surface area contributed by atoms with Crippen LogP contribution < -0.4 is 15.3 Å². The summed E-state index contributed by atoms with van der Waals surface area (Å²) in [5.74, 6) is 0.721. The largest absolute Gasteiger partial charge is 0.494 e. The normalized spacial score (nSPS) is 11.2. The summed E-state index contributed by atoms with van der Waals surface area (Å²) < 4.78 is 19.8. The van der Waals surface area contributed by atoms with Crippen molar-refractivity contribution in [2.24, 2.45) is 0 Å². The average Bonchev–Trinajstić information content (AvgIpc) is 2.68. The summed E-state index contributed by atoms with van der Waals surface area (Å²) in [7, 11) is -3.50. The van der Waals surface area contributed by atoms with Crippen LogP contribution in [0.5, 0.6) is 5.75 Å². The fraction of sp³-hybridized carbons (Fsp3) is 0.174. The number of hydrogen-bond acceptors (Lipinski definition) is 3. The van der Waals surface area contributed by atoms with Crippen LogP contribution in [0.3, 0.4) is 0 Å². The topological polar surface area (TPSA) is 43.4 Å². The maximum Gasteiger partial charge on any atom is 0.230 e. The fourth-order valence-electron chi connectivity index (χ4n) is 3.33. The number of rotatable bonds is 6. The number of aryl methyl sites for hydroxylation is 2. The molecule has 3 aromatic rings. The van der Waals surface area contributed by atoms with E-state index in [1.807, 2.05) is 69.3 Å². The van der Waals surface area contributed by atoms with Gasteiger partial charge in [0.15, 0.2) is 0 Å². The lowest BCUT2D eigenvalue weighted by atomic mass is 10.0. The van der Waals surface area contributed by atoms with Crippen molar-refractivity contribution in [2.45, 2.75) is 20.8 Å². The van der Waals surface area contributed by atoms with E-state index in [1.54, 1.807) is 24.3 Å². The van der Waals surface area contributed by atoms with E-state index >= 15 is 0 Å². The predicted octanol–water partition coefficient (Wildman–Crippen LogP) is 4.86. The molecule has 0 aliphatic heterocycles. The lowest BCUT2D eigenvalue weighted by Gasteiger charge is -2.21. The van der Waals surface area contributed by atoms with Gasteiger partial charge in [-0.2, -0.15) is 0 Å². The lowest BCUT2D eigenvalue weighted by molar-refractivity contribution is 0.107. The Morgan fingerprint density at radius 1 is 0.852 bits per heavy atom. The standard InChI is InChI=1S/C23H23O3P/c1-4-26-19-15-17(2)22(18(3)16-19)23(24)27(25,20-11-7-5-8-12-20)21-13-9-6-10-14-21/h5-16H,4H2,1-3H3. The molecule has 0 atom stereocenters. The molecule has 0 unspecified atom stereocenters. The Kier molecular flexibility index (Phi) is 5.62. The highest BCUT2D eigenvalue weighted by molar-refractivity contribution is 7.93. The number of carbonyl (C=O) groups is 1. The van der Waals surface area contributed by atoms with E-state index in [1.165, 1.54) is 0 Å². The highest BCUT2D eigenvalue weighted by Gasteiger charge is 2.37. The zero-order valence-corrected chi connectivity index (χ0v) is 16.7. The Bertz CT molecular complexity index is 928. The van der Waals surface area contributed by atoms with Crippen LogP contribution in [-0.4, -0.2) is 12.1 Å². The number of benzene rings is 3. The van der Waals surface area contributed by atoms with Crippen molar-refractivity contribution in [1.29, 1.82) is 0 Å². The van der Waals surface area contributed by atoms with E-state index in [0.717, 1.165) is 16.9 Å². The molecule has 0 amide bonds. The minimum absolute atomic E-state index is 0.335. The molecule has 27 heavy (non-hydrogen) atoms. The van der Waals surface area contributed by atoms with E-state index in [2.05, 4.69) is 0 Å². The maximum absolute atomic E-state index is 14.3.